The fourth-order valence-electron chi connectivity index (χ4n) is 3.56. The van der Waals surface area contributed by atoms with E-state index in [2.05, 4.69) is 10.3 Å². The highest BCUT2D eigenvalue weighted by atomic mass is 19.4. The summed E-state index contributed by atoms with van der Waals surface area (Å²) in [4.78, 5) is 18.2. The van der Waals surface area contributed by atoms with Crippen LogP contribution in [0.4, 0.5) is 19.0 Å². The first kappa shape index (κ1) is 22.1. The Balaban J connectivity index is 1.59. The summed E-state index contributed by atoms with van der Waals surface area (Å²) >= 11 is 0. The molecule has 1 saturated heterocycles. The topological polar surface area (TPSA) is 54.5 Å². The molecule has 1 aromatic heterocycles. The average Bonchev–Trinajstić information content (AvgIpc) is 2.76. The Hall–Kier alpha value is -2.61. The highest BCUT2D eigenvalue weighted by Crippen LogP contribution is 2.36. The Kier molecular flexibility index (Phi) is 7.31. The first-order valence-electron chi connectivity index (χ1n) is 10.1. The number of carbonyl (C=O) groups excluding carboxylic acids is 1. The van der Waals surface area contributed by atoms with Crippen LogP contribution < -0.4 is 10.2 Å². The Morgan fingerprint density at radius 2 is 1.97 bits per heavy atom. The van der Waals surface area contributed by atoms with E-state index in [9.17, 15) is 18.0 Å². The fraction of sp³-hybridized carbons (Fsp3) is 0.455. The molecule has 1 aliphatic heterocycles. The van der Waals surface area contributed by atoms with Crippen molar-refractivity contribution in [3.8, 4) is 0 Å². The monoisotopic (exact) mass is 421 g/mol. The zero-order chi connectivity index (χ0) is 21.6. The van der Waals surface area contributed by atoms with Crippen molar-refractivity contribution >= 4 is 11.7 Å². The second-order valence-electron chi connectivity index (χ2n) is 7.33. The van der Waals surface area contributed by atoms with Crippen molar-refractivity contribution in [2.45, 2.75) is 39.1 Å². The largest absolute Gasteiger partial charge is 0.419 e. The third-order valence-electron chi connectivity index (χ3n) is 5.15. The number of alkyl halides is 3. The quantitative estimate of drug-likeness (QED) is 0.729. The molecule has 2 heterocycles. The third kappa shape index (κ3) is 5.72. The molecule has 2 aromatic rings. The molecule has 1 N–H and O–H groups in total. The number of benzene rings is 1. The molecule has 1 amide bonds. The van der Waals surface area contributed by atoms with Crippen LogP contribution in [0.1, 0.15) is 36.5 Å². The molecule has 0 bridgehead atoms. The van der Waals surface area contributed by atoms with Crippen LogP contribution in [0.15, 0.2) is 42.6 Å². The van der Waals surface area contributed by atoms with Gasteiger partial charge in [0, 0.05) is 32.4 Å². The van der Waals surface area contributed by atoms with Gasteiger partial charge in [-0.25, -0.2) is 4.98 Å². The van der Waals surface area contributed by atoms with E-state index in [0.29, 0.717) is 39.1 Å². The maximum atomic E-state index is 13.3. The van der Waals surface area contributed by atoms with Gasteiger partial charge in [-0.2, -0.15) is 13.2 Å². The number of pyridine rings is 1. The van der Waals surface area contributed by atoms with Crippen LogP contribution in [0.3, 0.4) is 0 Å². The molecule has 0 radical (unpaired) electrons. The summed E-state index contributed by atoms with van der Waals surface area (Å²) in [5.74, 6) is -0.631. The summed E-state index contributed by atoms with van der Waals surface area (Å²) in [6, 6.07) is 10.1. The van der Waals surface area contributed by atoms with Crippen LogP contribution in [0.5, 0.6) is 0 Å². The van der Waals surface area contributed by atoms with Crippen LogP contribution in [-0.4, -0.2) is 30.6 Å². The number of hydrogen-bond donors (Lipinski definition) is 1. The lowest BCUT2D eigenvalue weighted by atomic mass is 9.96. The molecule has 1 unspecified atom stereocenters. The number of ether oxygens (including phenoxy) is 1. The van der Waals surface area contributed by atoms with Crippen LogP contribution in [0.2, 0.25) is 0 Å². The number of amides is 1. The minimum absolute atomic E-state index is 0.104. The van der Waals surface area contributed by atoms with Crippen molar-refractivity contribution < 1.29 is 22.7 Å². The second kappa shape index (κ2) is 9.93. The van der Waals surface area contributed by atoms with E-state index in [1.807, 2.05) is 31.2 Å². The first-order chi connectivity index (χ1) is 14.4. The van der Waals surface area contributed by atoms with Crippen molar-refractivity contribution in [3.63, 3.8) is 0 Å². The van der Waals surface area contributed by atoms with Gasteiger partial charge in [0.25, 0.3) is 0 Å². The lowest BCUT2D eigenvalue weighted by Crippen LogP contribution is -2.43. The average molecular weight is 421 g/mol. The Bertz CT molecular complexity index is 840. The number of aromatic nitrogens is 1. The predicted molar refractivity (Wildman–Crippen MR) is 108 cm³/mol. The number of halogens is 3. The lowest BCUT2D eigenvalue weighted by Gasteiger charge is -2.34. The number of hydrogen-bond acceptors (Lipinski definition) is 4. The lowest BCUT2D eigenvalue weighted by molar-refractivity contribution is -0.137. The first-order valence-corrected chi connectivity index (χ1v) is 10.1. The van der Waals surface area contributed by atoms with Crippen LogP contribution in [0, 0.1) is 5.92 Å². The molecule has 1 fully saturated rings. The molecule has 5 nitrogen and oxygen atoms in total. The molecule has 3 rings (SSSR count). The summed E-state index contributed by atoms with van der Waals surface area (Å²) in [5, 5.41) is 2.91. The molecular weight excluding hydrogens is 395 g/mol. The number of anilines is 1. The summed E-state index contributed by atoms with van der Waals surface area (Å²) < 4.78 is 45.3. The van der Waals surface area contributed by atoms with Gasteiger partial charge in [0.15, 0.2) is 0 Å². The van der Waals surface area contributed by atoms with E-state index >= 15 is 0 Å². The van der Waals surface area contributed by atoms with Gasteiger partial charge in [-0.3, -0.25) is 4.79 Å². The van der Waals surface area contributed by atoms with Gasteiger partial charge in [0.2, 0.25) is 5.91 Å². The van der Waals surface area contributed by atoms with Gasteiger partial charge in [0.1, 0.15) is 5.82 Å². The number of nitrogens with zero attached hydrogens (tertiary/aromatic N) is 2. The SMILES string of the molecule is CCOCc1ccc(CNC(=O)C2CCCN(c3ncccc3C(F)(F)F)C2)cc1. The normalized spacial score (nSPS) is 17.1. The summed E-state index contributed by atoms with van der Waals surface area (Å²) in [6.07, 6.45) is -1.85. The van der Waals surface area contributed by atoms with Crippen molar-refractivity contribution in [2.75, 3.05) is 24.6 Å². The zero-order valence-corrected chi connectivity index (χ0v) is 16.9. The molecule has 0 saturated carbocycles. The standard InChI is InChI=1S/C22H26F3N3O2/c1-2-30-15-17-9-7-16(8-10-17)13-27-21(29)18-5-4-12-28(14-18)20-19(22(23,24)25)6-3-11-26-20/h3,6-11,18H,2,4-5,12-15H2,1H3,(H,27,29). The smallest absolute Gasteiger partial charge is 0.377 e. The van der Waals surface area contributed by atoms with Gasteiger partial charge in [-0.1, -0.05) is 24.3 Å². The van der Waals surface area contributed by atoms with E-state index in [1.165, 1.54) is 12.3 Å². The Morgan fingerprint density at radius 1 is 1.23 bits per heavy atom. The summed E-state index contributed by atoms with van der Waals surface area (Å²) in [7, 11) is 0. The molecule has 0 aliphatic carbocycles. The molecule has 8 heteroatoms. The van der Waals surface area contributed by atoms with Gasteiger partial charge >= 0.3 is 6.18 Å². The minimum Gasteiger partial charge on any atom is -0.377 e. The molecule has 162 valence electrons. The van der Waals surface area contributed by atoms with Crippen LogP contribution in [0.25, 0.3) is 0 Å². The molecule has 0 spiro atoms. The Morgan fingerprint density at radius 3 is 2.67 bits per heavy atom. The molecule has 1 aromatic carbocycles. The summed E-state index contributed by atoms with van der Waals surface area (Å²) in [6.45, 7) is 4.19. The summed E-state index contributed by atoms with van der Waals surface area (Å²) in [5.41, 5.74) is 1.25. The molecule has 1 atom stereocenters. The second-order valence-corrected chi connectivity index (χ2v) is 7.33. The molecular formula is C22H26F3N3O2. The number of nitrogens with one attached hydrogen (secondary N) is 1. The zero-order valence-electron chi connectivity index (χ0n) is 16.9. The van der Waals surface area contributed by atoms with E-state index in [4.69, 9.17) is 4.74 Å². The highest BCUT2D eigenvalue weighted by Gasteiger charge is 2.37. The van der Waals surface area contributed by atoms with Gasteiger partial charge in [-0.05, 0) is 43.0 Å². The third-order valence-corrected chi connectivity index (χ3v) is 5.15. The van der Waals surface area contributed by atoms with E-state index in [-0.39, 0.29) is 24.2 Å². The van der Waals surface area contributed by atoms with Gasteiger partial charge < -0.3 is 15.0 Å². The minimum atomic E-state index is -4.48. The Labute approximate surface area is 174 Å². The molecule has 1 aliphatic rings. The maximum Gasteiger partial charge on any atom is 0.419 e. The van der Waals surface area contributed by atoms with Crippen LogP contribution >= 0.6 is 0 Å². The predicted octanol–water partition coefficient (Wildman–Crippen LogP) is 4.17. The van der Waals surface area contributed by atoms with Gasteiger partial charge in [0.05, 0.1) is 18.1 Å². The van der Waals surface area contributed by atoms with E-state index in [0.717, 1.165) is 17.2 Å². The van der Waals surface area contributed by atoms with Gasteiger partial charge in [-0.15, -0.1) is 0 Å². The number of carbonyl (C=O) groups is 1. The van der Waals surface area contributed by atoms with Crippen molar-refractivity contribution in [2.24, 2.45) is 5.92 Å². The van der Waals surface area contributed by atoms with Crippen LogP contribution in [-0.2, 0) is 28.9 Å². The number of piperidine rings is 1. The van der Waals surface area contributed by atoms with Crippen molar-refractivity contribution in [1.82, 2.24) is 10.3 Å². The highest BCUT2D eigenvalue weighted by molar-refractivity contribution is 5.79. The number of rotatable bonds is 7. The molecule has 30 heavy (non-hydrogen) atoms. The maximum absolute atomic E-state index is 13.3. The van der Waals surface area contributed by atoms with E-state index < -0.39 is 11.7 Å². The van der Waals surface area contributed by atoms with Crippen molar-refractivity contribution in [1.29, 1.82) is 0 Å². The van der Waals surface area contributed by atoms with E-state index in [1.54, 1.807) is 4.90 Å². The fourth-order valence-corrected chi connectivity index (χ4v) is 3.56. The van der Waals surface area contributed by atoms with Crippen molar-refractivity contribution in [3.05, 3.63) is 59.3 Å².